The molecule has 2 amide bonds. The summed E-state index contributed by atoms with van der Waals surface area (Å²) in [6.45, 7) is 1.38. The van der Waals surface area contributed by atoms with Gasteiger partial charge in [-0.15, -0.1) is 0 Å². The van der Waals surface area contributed by atoms with Gasteiger partial charge in [-0.05, 0) is 43.5 Å². The molecule has 1 aromatic rings. The topological polar surface area (TPSA) is 90.5 Å². The number of carbonyl (C=O) groups is 2. The number of carbonyl (C=O) groups excluding carboxylic acids is 1. The number of hydrogen-bond donors (Lipinski definition) is 4. The van der Waals surface area contributed by atoms with Crippen molar-refractivity contribution in [2.24, 2.45) is 5.92 Å². The Balaban J connectivity index is 1.71. The maximum atomic E-state index is 11.8. The summed E-state index contributed by atoms with van der Waals surface area (Å²) in [5, 5.41) is 18.3. The number of carboxylic acids is 1. The van der Waals surface area contributed by atoms with E-state index in [-0.39, 0.29) is 17.9 Å². The molecule has 0 unspecified atom stereocenters. The van der Waals surface area contributed by atoms with Gasteiger partial charge in [-0.3, -0.25) is 4.79 Å². The third-order valence-electron chi connectivity index (χ3n) is 4.28. The number of rotatable bonds is 4. The Morgan fingerprint density at radius 2 is 2.05 bits per heavy atom. The monoisotopic (exact) mass is 303 g/mol. The van der Waals surface area contributed by atoms with Crippen molar-refractivity contribution in [3.05, 3.63) is 29.8 Å². The fourth-order valence-corrected chi connectivity index (χ4v) is 2.93. The Kier molecular flexibility index (Phi) is 4.29. The molecular weight excluding hydrogens is 282 g/mol. The third-order valence-corrected chi connectivity index (χ3v) is 4.28. The van der Waals surface area contributed by atoms with Crippen LogP contribution in [0.1, 0.15) is 30.7 Å². The quantitative estimate of drug-likeness (QED) is 0.682. The van der Waals surface area contributed by atoms with Crippen molar-refractivity contribution in [1.29, 1.82) is 0 Å². The average Bonchev–Trinajstić information content (AvgIpc) is 3.31. The summed E-state index contributed by atoms with van der Waals surface area (Å²) >= 11 is 0. The molecule has 3 rings (SSSR count). The zero-order chi connectivity index (χ0) is 15.5. The minimum Gasteiger partial charge on any atom is -0.481 e. The lowest BCUT2D eigenvalue weighted by atomic mass is 9.81. The highest BCUT2D eigenvalue weighted by Crippen LogP contribution is 2.31. The standard InChI is InChI=1S/C16H21N3O3/c20-15(21)13-6-7-17-9-14(13)10-2-1-3-12(8-10)19-16(22)18-11-4-5-11/h1-3,8,11,13-14,17H,4-7,9H2,(H,20,21)(H2,18,19,22)/t13-,14+/m1/s1. The molecule has 1 aromatic carbocycles. The zero-order valence-electron chi connectivity index (χ0n) is 12.3. The summed E-state index contributed by atoms with van der Waals surface area (Å²) in [4.78, 5) is 23.2. The van der Waals surface area contributed by atoms with Crippen LogP contribution in [0.5, 0.6) is 0 Å². The molecule has 0 radical (unpaired) electrons. The number of urea groups is 1. The van der Waals surface area contributed by atoms with E-state index in [1.165, 1.54) is 0 Å². The van der Waals surface area contributed by atoms with Crippen molar-refractivity contribution in [1.82, 2.24) is 10.6 Å². The Labute approximate surface area is 129 Å². The minimum absolute atomic E-state index is 0.0699. The summed E-state index contributed by atoms with van der Waals surface area (Å²) in [5.41, 5.74) is 1.65. The second kappa shape index (κ2) is 6.36. The number of nitrogens with one attached hydrogen (secondary N) is 3. The van der Waals surface area contributed by atoms with Gasteiger partial charge >= 0.3 is 12.0 Å². The van der Waals surface area contributed by atoms with Gasteiger partial charge in [-0.2, -0.15) is 0 Å². The van der Waals surface area contributed by atoms with Crippen molar-refractivity contribution >= 4 is 17.7 Å². The number of benzene rings is 1. The molecule has 0 bridgehead atoms. The van der Waals surface area contributed by atoms with E-state index in [2.05, 4.69) is 16.0 Å². The highest BCUT2D eigenvalue weighted by Gasteiger charge is 2.32. The van der Waals surface area contributed by atoms with Crippen LogP contribution >= 0.6 is 0 Å². The van der Waals surface area contributed by atoms with Gasteiger partial charge in [0.15, 0.2) is 0 Å². The van der Waals surface area contributed by atoms with Gasteiger partial charge in [0, 0.05) is 24.2 Å². The van der Waals surface area contributed by atoms with Crippen molar-refractivity contribution in [3.8, 4) is 0 Å². The second-order valence-corrected chi connectivity index (χ2v) is 6.04. The average molecular weight is 303 g/mol. The molecule has 1 aliphatic carbocycles. The first kappa shape index (κ1) is 14.8. The van der Waals surface area contributed by atoms with E-state index in [0.717, 1.165) is 24.9 Å². The summed E-state index contributed by atoms with van der Waals surface area (Å²) in [6.07, 6.45) is 2.71. The third kappa shape index (κ3) is 3.57. The summed E-state index contributed by atoms with van der Waals surface area (Å²) in [5.74, 6) is -1.20. The lowest BCUT2D eigenvalue weighted by Gasteiger charge is -2.29. The first-order valence-electron chi connectivity index (χ1n) is 7.74. The molecule has 0 spiro atoms. The second-order valence-electron chi connectivity index (χ2n) is 6.04. The van der Waals surface area contributed by atoms with E-state index in [0.29, 0.717) is 24.7 Å². The molecule has 2 fully saturated rings. The number of piperidine rings is 1. The maximum Gasteiger partial charge on any atom is 0.319 e. The highest BCUT2D eigenvalue weighted by molar-refractivity contribution is 5.89. The van der Waals surface area contributed by atoms with E-state index in [1.54, 1.807) is 0 Å². The predicted molar refractivity (Wildman–Crippen MR) is 83.0 cm³/mol. The van der Waals surface area contributed by atoms with Crippen LogP contribution in [0.3, 0.4) is 0 Å². The molecule has 1 saturated heterocycles. The van der Waals surface area contributed by atoms with Gasteiger partial charge in [0.25, 0.3) is 0 Å². The summed E-state index contributed by atoms with van der Waals surface area (Å²) < 4.78 is 0. The van der Waals surface area contributed by atoms with Gasteiger partial charge in [0.2, 0.25) is 0 Å². The highest BCUT2D eigenvalue weighted by atomic mass is 16.4. The Morgan fingerprint density at radius 1 is 1.23 bits per heavy atom. The van der Waals surface area contributed by atoms with Crippen LogP contribution in [-0.4, -0.2) is 36.2 Å². The summed E-state index contributed by atoms with van der Waals surface area (Å²) in [7, 11) is 0. The van der Waals surface area contributed by atoms with Gasteiger partial charge in [-0.25, -0.2) is 4.79 Å². The lowest BCUT2D eigenvalue weighted by molar-refractivity contribution is -0.143. The molecule has 6 heteroatoms. The molecule has 1 heterocycles. The first-order valence-corrected chi connectivity index (χ1v) is 7.74. The van der Waals surface area contributed by atoms with Crippen LogP contribution < -0.4 is 16.0 Å². The predicted octanol–water partition coefficient (Wildman–Crippen LogP) is 1.75. The van der Waals surface area contributed by atoms with Crippen LogP contribution in [0.25, 0.3) is 0 Å². The normalized spacial score (nSPS) is 24.5. The number of hydrogen-bond acceptors (Lipinski definition) is 3. The van der Waals surface area contributed by atoms with Crippen molar-refractivity contribution in [3.63, 3.8) is 0 Å². The fourth-order valence-electron chi connectivity index (χ4n) is 2.93. The molecule has 1 aliphatic heterocycles. The van der Waals surface area contributed by atoms with Crippen LogP contribution in [0.2, 0.25) is 0 Å². The van der Waals surface area contributed by atoms with Crippen LogP contribution in [0.15, 0.2) is 24.3 Å². The van der Waals surface area contributed by atoms with E-state index >= 15 is 0 Å². The molecule has 4 N–H and O–H groups in total. The van der Waals surface area contributed by atoms with Crippen LogP contribution in [-0.2, 0) is 4.79 Å². The van der Waals surface area contributed by atoms with Crippen molar-refractivity contribution < 1.29 is 14.7 Å². The Morgan fingerprint density at radius 3 is 2.77 bits per heavy atom. The summed E-state index contributed by atoms with van der Waals surface area (Å²) in [6, 6.07) is 7.59. The molecular formula is C16H21N3O3. The molecule has 2 aliphatic rings. The smallest absolute Gasteiger partial charge is 0.319 e. The van der Waals surface area contributed by atoms with Crippen molar-refractivity contribution in [2.45, 2.75) is 31.2 Å². The maximum absolute atomic E-state index is 11.8. The lowest BCUT2D eigenvalue weighted by Crippen LogP contribution is -2.38. The SMILES string of the molecule is O=C(Nc1cccc([C@@H]2CNCC[C@H]2C(=O)O)c1)NC1CC1. The Hall–Kier alpha value is -2.08. The molecule has 118 valence electrons. The minimum atomic E-state index is -0.753. The van der Waals surface area contributed by atoms with E-state index in [9.17, 15) is 14.7 Å². The molecule has 0 aromatic heterocycles. The zero-order valence-corrected chi connectivity index (χ0v) is 12.3. The van der Waals surface area contributed by atoms with Crippen molar-refractivity contribution in [2.75, 3.05) is 18.4 Å². The Bertz CT molecular complexity index is 572. The number of carboxylic acid groups (broad SMARTS) is 1. The van der Waals surface area contributed by atoms with E-state index in [1.807, 2.05) is 24.3 Å². The van der Waals surface area contributed by atoms with Gasteiger partial charge in [-0.1, -0.05) is 12.1 Å². The fraction of sp³-hybridized carbons (Fsp3) is 0.500. The van der Waals surface area contributed by atoms with Gasteiger partial charge in [0.1, 0.15) is 0 Å². The van der Waals surface area contributed by atoms with E-state index < -0.39 is 5.97 Å². The number of anilines is 1. The van der Waals surface area contributed by atoms with Crippen LogP contribution in [0, 0.1) is 5.92 Å². The molecule has 6 nitrogen and oxygen atoms in total. The largest absolute Gasteiger partial charge is 0.481 e. The first-order chi connectivity index (χ1) is 10.6. The molecule has 22 heavy (non-hydrogen) atoms. The molecule has 1 saturated carbocycles. The van der Waals surface area contributed by atoms with Gasteiger partial charge in [0.05, 0.1) is 5.92 Å². The number of aliphatic carboxylic acids is 1. The van der Waals surface area contributed by atoms with Gasteiger partial charge < -0.3 is 21.1 Å². The number of amides is 2. The van der Waals surface area contributed by atoms with Crippen LogP contribution in [0.4, 0.5) is 10.5 Å². The molecule has 2 atom stereocenters. The van der Waals surface area contributed by atoms with E-state index in [4.69, 9.17) is 0 Å².